The zero-order chi connectivity index (χ0) is 19.3. The fourth-order valence-electron chi connectivity index (χ4n) is 3.07. The Balaban J connectivity index is 1.61. The molecule has 0 radical (unpaired) electrons. The number of rotatable bonds is 7. The van der Waals surface area contributed by atoms with Crippen LogP contribution in [-0.2, 0) is 11.4 Å². The topological polar surface area (TPSA) is 88.8 Å². The summed E-state index contributed by atoms with van der Waals surface area (Å²) < 4.78 is 11.2. The Morgan fingerprint density at radius 3 is 2.56 bits per heavy atom. The Labute approximate surface area is 162 Å². The Morgan fingerprint density at radius 1 is 1.19 bits per heavy atom. The van der Waals surface area contributed by atoms with Crippen LogP contribution in [0.15, 0.2) is 40.8 Å². The molecule has 0 spiro atoms. The van der Waals surface area contributed by atoms with Crippen molar-refractivity contribution in [3.05, 3.63) is 53.5 Å². The largest absolute Gasteiger partial charge is 0.486 e. The van der Waals surface area contributed by atoms with E-state index in [1.54, 1.807) is 23.9 Å². The van der Waals surface area contributed by atoms with Crippen LogP contribution in [0.5, 0.6) is 5.75 Å². The highest BCUT2D eigenvalue weighted by molar-refractivity contribution is 7.99. The van der Waals surface area contributed by atoms with Crippen LogP contribution in [0.4, 0.5) is 0 Å². The Hall–Kier alpha value is -2.41. The van der Waals surface area contributed by atoms with Gasteiger partial charge in [-0.2, -0.15) is 11.8 Å². The first-order chi connectivity index (χ1) is 13.0. The first-order valence-corrected chi connectivity index (χ1v) is 10.0. The number of thioether (sulfide) groups is 1. The highest BCUT2D eigenvalue weighted by Crippen LogP contribution is 2.30. The minimum absolute atomic E-state index is 0.0800. The predicted molar refractivity (Wildman–Crippen MR) is 103 cm³/mol. The second-order valence-corrected chi connectivity index (χ2v) is 8.01. The van der Waals surface area contributed by atoms with Gasteiger partial charge < -0.3 is 19.6 Å². The minimum Gasteiger partial charge on any atom is -0.486 e. The van der Waals surface area contributed by atoms with Gasteiger partial charge in [0.15, 0.2) is 5.76 Å². The quantitative estimate of drug-likeness (QED) is 0.752. The van der Waals surface area contributed by atoms with Crippen molar-refractivity contribution in [2.24, 2.45) is 0 Å². The molecule has 0 saturated carbocycles. The predicted octanol–water partition coefficient (Wildman–Crippen LogP) is 3.64. The first kappa shape index (κ1) is 19.4. The van der Waals surface area contributed by atoms with Crippen LogP contribution >= 0.6 is 11.8 Å². The van der Waals surface area contributed by atoms with Gasteiger partial charge in [0, 0.05) is 0 Å². The summed E-state index contributed by atoms with van der Waals surface area (Å²) in [7, 11) is 0. The number of carboxylic acids is 1. The number of carbonyl (C=O) groups is 2. The number of carboxylic acid groups (broad SMARTS) is 1. The number of hydrogen-bond donors (Lipinski definition) is 2. The monoisotopic (exact) mass is 389 g/mol. The first-order valence-electron chi connectivity index (χ1n) is 8.86. The summed E-state index contributed by atoms with van der Waals surface area (Å²) in [5, 5.41) is 12.1. The number of aliphatic carboxylic acids is 1. The Bertz CT molecular complexity index is 793. The van der Waals surface area contributed by atoms with E-state index in [2.05, 4.69) is 5.32 Å². The number of nitrogens with one attached hydrogen (secondary N) is 1. The lowest BCUT2D eigenvalue weighted by Crippen LogP contribution is -2.52. The summed E-state index contributed by atoms with van der Waals surface area (Å²) in [6.45, 7) is 2.22. The molecule has 144 valence electrons. The van der Waals surface area contributed by atoms with Crippen LogP contribution < -0.4 is 10.1 Å². The molecule has 3 rings (SSSR count). The maximum absolute atomic E-state index is 12.6. The van der Waals surface area contributed by atoms with E-state index < -0.39 is 11.5 Å². The van der Waals surface area contributed by atoms with Crippen LogP contribution in [0.25, 0.3) is 0 Å². The maximum Gasteiger partial charge on any atom is 0.305 e. The lowest BCUT2D eigenvalue weighted by atomic mass is 9.88. The third-order valence-electron chi connectivity index (χ3n) is 4.61. The van der Waals surface area contributed by atoms with E-state index in [-0.39, 0.29) is 24.7 Å². The van der Waals surface area contributed by atoms with E-state index in [9.17, 15) is 14.7 Å². The van der Waals surface area contributed by atoms with Gasteiger partial charge in [-0.1, -0.05) is 17.7 Å². The molecule has 27 heavy (non-hydrogen) atoms. The standard InChI is InChI=1S/C20H23NO5S/c1-14-2-4-15(5-3-14)25-13-16-6-7-17(26-16)19(24)21-20(12-18(22)23)8-10-27-11-9-20/h2-7H,8-13H2,1H3,(H,21,24)(H,22,23). The van der Waals surface area contributed by atoms with Crippen molar-refractivity contribution >= 4 is 23.6 Å². The second kappa shape index (κ2) is 8.52. The molecule has 6 nitrogen and oxygen atoms in total. The summed E-state index contributed by atoms with van der Waals surface area (Å²) in [5.41, 5.74) is 0.440. The van der Waals surface area contributed by atoms with Gasteiger partial charge in [-0.25, -0.2) is 0 Å². The number of hydrogen-bond acceptors (Lipinski definition) is 5. The number of benzene rings is 1. The molecule has 0 bridgehead atoms. The molecule has 1 fully saturated rings. The summed E-state index contributed by atoms with van der Waals surface area (Å²) in [4.78, 5) is 23.8. The molecule has 0 atom stereocenters. The van der Waals surface area contributed by atoms with Gasteiger partial charge in [0.1, 0.15) is 18.1 Å². The Morgan fingerprint density at radius 2 is 1.89 bits per heavy atom. The number of furan rings is 1. The molecule has 1 aromatic heterocycles. The van der Waals surface area contributed by atoms with Gasteiger partial charge in [-0.3, -0.25) is 9.59 Å². The molecule has 1 aromatic carbocycles. The van der Waals surface area contributed by atoms with E-state index in [1.807, 2.05) is 31.2 Å². The normalized spacial score (nSPS) is 15.9. The van der Waals surface area contributed by atoms with Crippen molar-refractivity contribution < 1.29 is 23.8 Å². The fourth-order valence-corrected chi connectivity index (χ4v) is 4.34. The van der Waals surface area contributed by atoms with Crippen molar-refractivity contribution in [2.45, 2.75) is 38.3 Å². The van der Waals surface area contributed by atoms with Crippen molar-refractivity contribution in [3.63, 3.8) is 0 Å². The van der Waals surface area contributed by atoms with Crippen LogP contribution in [0.1, 0.15) is 41.1 Å². The summed E-state index contributed by atoms with van der Waals surface area (Å²) in [5.74, 6) is 1.80. The molecule has 1 aliphatic heterocycles. The fraction of sp³-hybridized carbons (Fsp3) is 0.400. The van der Waals surface area contributed by atoms with Crippen LogP contribution in [0.2, 0.25) is 0 Å². The van der Waals surface area contributed by atoms with E-state index in [4.69, 9.17) is 9.15 Å². The summed E-state index contributed by atoms with van der Waals surface area (Å²) in [6.07, 6.45) is 1.20. The molecule has 1 saturated heterocycles. The molecule has 7 heteroatoms. The molecule has 1 aliphatic rings. The molecule has 2 aromatic rings. The second-order valence-electron chi connectivity index (χ2n) is 6.79. The molecule has 0 aliphatic carbocycles. The smallest absolute Gasteiger partial charge is 0.305 e. The number of aryl methyl sites for hydroxylation is 1. The van der Waals surface area contributed by atoms with Crippen molar-refractivity contribution in [3.8, 4) is 5.75 Å². The third kappa shape index (κ3) is 5.29. The van der Waals surface area contributed by atoms with Crippen LogP contribution in [0, 0.1) is 6.92 Å². The van der Waals surface area contributed by atoms with Crippen LogP contribution in [0.3, 0.4) is 0 Å². The van der Waals surface area contributed by atoms with Crippen molar-refractivity contribution in [1.82, 2.24) is 5.32 Å². The van der Waals surface area contributed by atoms with E-state index in [0.29, 0.717) is 18.6 Å². The number of amides is 1. The SMILES string of the molecule is Cc1ccc(OCc2ccc(C(=O)NC3(CC(=O)O)CCSCC3)o2)cc1. The molecule has 0 unspecified atom stereocenters. The van der Waals surface area contributed by atoms with Gasteiger partial charge in [-0.15, -0.1) is 0 Å². The molecule has 2 heterocycles. The average Bonchev–Trinajstić information content (AvgIpc) is 3.10. The zero-order valence-electron chi connectivity index (χ0n) is 15.2. The van der Waals surface area contributed by atoms with Gasteiger partial charge in [0.2, 0.25) is 0 Å². The van der Waals surface area contributed by atoms with Gasteiger partial charge in [0.05, 0.1) is 12.0 Å². The van der Waals surface area contributed by atoms with Crippen LogP contribution in [-0.4, -0.2) is 34.0 Å². The lowest BCUT2D eigenvalue weighted by Gasteiger charge is -2.36. The summed E-state index contributed by atoms with van der Waals surface area (Å²) in [6, 6.07) is 11.0. The van der Waals surface area contributed by atoms with Gasteiger partial charge >= 0.3 is 5.97 Å². The van der Waals surface area contributed by atoms with Gasteiger partial charge in [0.25, 0.3) is 5.91 Å². The molecule has 2 N–H and O–H groups in total. The van der Waals surface area contributed by atoms with E-state index >= 15 is 0 Å². The average molecular weight is 389 g/mol. The maximum atomic E-state index is 12.6. The highest BCUT2D eigenvalue weighted by atomic mass is 32.2. The summed E-state index contributed by atoms with van der Waals surface area (Å²) >= 11 is 1.77. The third-order valence-corrected chi connectivity index (χ3v) is 5.59. The molecular weight excluding hydrogens is 366 g/mol. The lowest BCUT2D eigenvalue weighted by molar-refractivity contribution is -0.138. The van der Waals surface area contributed by atoms with E-state index in [0.717, 1.165) is 22.8 Å². The molecule has 1 amide bonds. The minimum atomic E-state index is -0.908. The molecular formula is C20H23NO5S. The zero-order valence-corrected chi connectivity index (χ0v) is 16.0. The van der Waals surface area contributed by atoms with Crippen molar-refractivity contribution in [1.29, 1.82) is 0 Å². The number of ether oxygens (including phenoxy) is 1. The van der Waals surface area contributed by atoms with Gasteiger partial charge in [-0.05, 0) is 55.5 Å². The number of carbonyl (C=O) groups excluding carboxylic acids is 1. The Kier molecular flexibility index (Phi) is 6.11. The van der Waals surface area contributed by atoms with E-state index in [1.165, 1.54) is 0 Å². The highest BCUT2D eigenvalue weighted by Gasteiger charge is 2.36. The van der Waals surface area contributed by atoms with Crippen molar-refractivity contribution in [2.75, 3.05) is 11.5 Å².